The van der Waals surface area contributed by atoms with Crippen LogP contribution in [0.2, 0.25) is 39.3 Å². The topological polar surface area (TPSA) is 38.7 Å². The zero-order valence-corrected chi connectivity index (χ0v) is 13.0. The van der Waals surface area contributed by atoms with Crippen LogP contribution < -0.4 is 0 Å². The molecule has 0 unspecified atom stereocenters. The standard InChI is InChI=1S/C10H26O3Si2/c1-14(2,3)12-8-10(7-11)9-13-15(4,5)6/h10-11H,7-9H2,1-6H3. The zero-order valence-electron chi connectivity index (χ0n) is 11.0. The molecule has 0 amide bonds. The quantitative estimate of drug-likeness (QED) is 0.705. The lowest BCUT2D eigenvalue weighted by atomic mass is 10.2. The van der Waals surface area contributed by atoms with Crippen LogP contribution in [0.4, 0.5) is 0 Å². The molecule has 0 fully saturated rings. The second-order valence-corrected chi connectivity index (χ2v) is 14.9. The molecule has 0 aromatic carbocycles. The Balaban J connectivity index is 3.84. The van der Waals surface area contributed by atoms with E-state index in [1.807, 2.05) is 0 Å². The lowest BCUT2D eigenvalue weighted by Gasteiger charge is -2.25. The lowest BCUT2D eigenvalue weighted by Crippen LogP contribution is -2.34. The van der Waals surface area contributed by atoms with Gasteiger partial charge < -0.3 is 14.0 Å². The maximum Gasteiger partial charge on any atom is 0.183 e. The fourth-order valence-corrected chi connectivity index (χ4v) is 2.36. The number of hydrogen-bond donors (Lipinski definition) is 1. The highest BCUT2D eigenvalue weighted by molar-refractivity contribution is 6.70. The van der Waals surface area contributed by atoms with E-state index in [1.54, 1.807) is 0 Å². The van der Waals surface area contributed by atoms with Crippen LogP contribution in [-0.4, -0.2) is 41.6 Å². The summed E-state index contributed by atoms with van der Waals surface area (Å²) < 4.78 is 11.5. The summed E-state index contributed by atoms with van der Waals surface area (Å²) in [6.45, 7) is 14.3. The van der Waals surface area contributed by atoms with Gasteiger partial charge in [-0.3, -0.25) is 0 Å². The molecular formula is C10H26O3Si2. The van der Waals surface area contributed by atoms with Gasteiger partial charge in [-0.15, -0.1) is 0 Å². The summed E-state index contributed by atoms with van der Waals surface area (Å²) in [5, 5.41) is 9.19. The second-order valence-electron chi connectivity index (χ2n) is 5.90. The van der Waals surface area contributed by atoms with Gasteiger partial charge in [0.1, 0.15) is 0 Å². The van der Waals surface area contributed by atoms with Crippen molar-refractivity contribution in [2.75, 3.05) is 19.8 Å². The van der Waals surface area contributed by atoms with E-state index in [2.05, 4.69) is 39.3 Å². The molecule has 0 aromatic rings. The highest BCUT2D eigenvalue weighted by atomic mass is 28.4. The lowest BCUT2D eigenvalue weighted by molar-refractivity contribution is 0.110. The van der Waals surface area contributed by atoms with Crippen molar-refractivity contribution in [3.05, 3.63) is 0 Å². The van der Waals surface area contributed by atoms with Crippen LogP contribution in [0.3, 0.4) is 0 Å². The fourth-order valence-electron chi connectivity index (χ4n) is 0.889. The first-order chi connectivity index (χ1) is 6.64. The first-order valence-corrected chi connectivity index (χ1v) is 12.3. The Hall–Kier alpha value is 0.314. The Morgan fingerprint density at radius 3 is 1.40 bits per heavy atom. The van der Waals surface area contributed by atoms with E-state index in [4.69, 9.17) is 8.85 Å². The van der Waals surface area contributed by atoms with Crippen molar-refractivity contribution in [3.8, 4) is 0 Å². The smallest absolute Gasteiger partial charge is 0.183 e. The molecule has 15 heavy (non-hydrogen) atoms. The van der Waals surface area contributed by atoms with Crippen LogP contribution in [0.15, 0.2) is 0 Å². The Morgan fingerprint density at radius 2 is 1.20 bits per heavy atom. The van der Waals surface area contributed by atoms with E-state index in [1.165, 1.54) is 0 Å². The SMILES string of the molecule is C[Si](C)(C)OCC(CO)CO[Si](C)(C)C. The minimum Gasteiger partial charge on any atom is -0.417 e. The summed E-state index contributed by atoms with van der Waals surface area (Å²) in [7, 11) is -2.93. The Morgan fingerprint density at radius 1 is 0.867 bits per heavy atom. The van der Waals surface area contributed by atoms with Crippen molar-refractivity contribution in [2.24, 2.45) is 5.92 Å². The average Bonchev–Trinajstić information content (AvgIpc) is 2.00. The Labute approximate surface area is 96.1 Å². The van der Waals surface area contributed by atoms with Crippen LogP contribution in [0.25, 0.3) is 0 Å². The number of hydrogen-bond acceptors (Lipinski definition) is 3. The van der Waals surface area contributed by atoms with Crippen molar-refractivity contribution in [1.82, 2.24) is 0 Å². The predicted octanol–water partition coefficient (Wildman–Crippen LogP) is 2.30. The molecule has 5 heteroatoms. The van der Waals surface area contributed by atoms with Crippen LogP contribution in [0, 0.1) is 5.92 Å². The molecule has 0 aromatic heterocycles. The molecule has 0 saturated heterocycles. The second kappa shape index (κ2) is 6.15. The number of aliphatic hydroxyl groups is 1. The fraction of sp³-hybridized carbons (Fsp3) is 1.00. The first-order valence-electron chi connectivity index (χ1n) is 5.53. The molecule has 0 rings (SSSR count). The Bertz CT molecular complexity index is 154. The van der Waals surface area contributed by atoms with Crippen molar-refractivity contribution >= 4 is 16.6 Å². The molecule has 0 heterocycles. The summed E-state index contributed by atoms with van der Waals surface area (Å²) in [6, 6.07) is 0. The van der Waals surface area contributed by atoms with Crippen LogP contribution in [0.5, 0.6) is 0 Å². The molecule has 3 nitrogen and oxygen atoms in total. The molecular weight excluding hydrogens is 224 g/mol. The van der Waals surface area contributed by atoms with Gasteiger partial charge in [-0.2, -0.15) is 0 Å². The summed E-state index contributed by atoms with van der Waals surface area (Å²) in [6.07, 6.45) is 0. The number of rotatable bonds is 7. The van der Waals surface area contributed by atoms with E-state index in [9.17, 15) is 5.11 Å². The van der Waals surface area contributed by atoms with E-state index in [0.717, 1.165) is 0 Å². The van der Waals surface area contributed by atoms with Crippen LogP contribution in [0.1, 0.15) is 0 Å². The van der Waals surface area contributed by atoms with Gasteiger partial charge in [0.25, 0.3) is 0 Å². The summed E-state index contributed by atoms with van der Waals surface area (Å²) in [4.78, 5) is 0. The summed E-state index contributed by atoms with van der Waals surface area (Å²) in [5.41, 5.74) is 0. The summed E-state index contributed by atoms with van der Waals surface area (Å²) in [5.74, 6) is 0.128. The minimum absolute atomic E-state index is 0.128. The third-order valence-corrected chi connectivity index (χ3v) is 3.83. The van der Waals surface area contributed by atoms with Crippen LogP contribution >= 0.6 is 0 Å². The largest absolute Gasteiger partial charge is 0.417 e. The van der Waals surface area contributed by atoms with Gasteiger partial charge in [0, 0.05) is 19.1 Å². The summed E-state index contributed by atoms with van der Waals surface area (Å²) >= 11 is 0. The van der Waals surface area contributed by atoms with Crippen molar-refractivity contribution < 1.29 is 14.0 Å². The monoisotopic (exact) mass is 250 g/mol. The van der Waals surface area contributed by atoms with E-state index >= 15 is 0 Å². The average molecular weight is 250 g/mol. The zero-order chi connectivity index (χ0) is 12.1. The molecule has 1 N–H and O–H groups in total. The molecule has 0 bridgehead atoms. The molecule has 0 spiro atoms. The van der Waals surface area contributed by atoms with Gasteiger partial charge in [-0.05, 0) is 39.3 Å². The molecule has 0 radical (unpaired) electrons. The normalized spacial score (nSPS) is 13.6. The van der Waals surface area contributed by atoms with Gasteiger partial charge in [0.15, 0.2) is 16.6 Å². The number of aliphatic hydroxyl groups excluding tert-OH is 1. The van der Waals surface area contributed by atoms with Gasteiger partial charge in [-0.1, -0.05) is 0 Å². The minimum atomic E-state index is -1.47. The van der Waals surface area contributed by atoms with Crippen LogP contribution in [-0.2, 0) is 8.85 Å². The van der Waals surface area contributed by atoms with E-state index < -0.39 is 16.6 Å². The van der Waals surface area contributed by atoms with Crippen molar-refractivity contribution in [3.63, 3.8) is 0 Å². The molecule has 0 aliphatic rings. The molecule has 92 valence electrons. The molecule has 0 aliphatic heterocycles. The van der Waals surface area contributed by atoms with Gasteiger partial charge in [0.05, 0.1) is 6.61 Å². The third-order valence-electron chi connectivity index (χ3n) is 1.76. The third kappa shape index (κ3) is 10.6. The highest BCUT2D eigenvalue weighted by Crippen LogP contribution is 2.10. The molecule has 0 aliphatic carbocycles. The van der Waals surface area contributed by atoms with Gasteiger partial charge >= 0.3 is 0 Å². The maximum absolute atomic E-state index is 9.19. The van der Waals surface area contributed by atoms with Crippen molar-refractivity contribution in [1.29, 1.82) is 0 Å². The maximum atomic E-state index is 9.19. The predicted molar refractivity (Wildman–Crippen MR) is 69.2 cm³/mol. The Kier molecular flexibility index (Phi) is 6.28. The van der Waals surface area contributed by atoms with Gasteiger partial charge in [0.2, 0.25) is 0 Å². The van der Waals surface area contributed by atoms with E-state index in [0.29, 0.717) is 13.2 Å². The van der Waals surface area contributed by atoms with E-state index in [-0.39, 0.29) is 12.5 Å². The molecule has 0 atom stereocenters. The molecule has 0 saturated carbocycles. The highest BCUT2D eigenvalue weighted by Gasteiger charge is 2.20. The van der Waals surface area contributed by atoms with Crippen molar-refractivity contribution in [2.45, 2.75) is 39.3 Å². The van der Waals surface area contributed by atoms with Gasteiger partial charge in [-0.25, -0.2) is 0 Å². The first kappa shape index (κ1) is 15.3.